The van der Waals surface area contributed by atoms with Gasteiger partial charge in [-0.15, -0.1) is 0 Å². The minimum Gasteiger partial charge on any atom is -0.347 e. The first kappa shape index (κ1) is 18.9. The van der Waals surface area contributed by atoms with E-state index in [9.17, 15) is 14.9 Å². The van der Waals surface area contributed by atoms with Gasteiger partial charge in [-0.05, 0) is 62.7 Å². The van der Waals surface area contributed by atoms with Gasteiger partial charge >= 0.3 is 0 Å². The number of hydrogen-bond acceptors (Lipinski definition) is 4. The van der Waals surface area contributed by atoms with Crippen LogP contribution in [0, 0.1) is 18.3 Å². The lowest BCUT2D eigenvalue weighted by molar-refractivity contribution is -0.112. The van der Waals surface area contributed by atoms with E-state index < -0.39 is 5.91 Å². The summed E-state index contributed by atoms with van der Waals surface area (Å²) >= 11 is 0. The van der Waals surface area contributed by atoms with Crippen LogP contribution in [0.2, 0.25) is 0 Å². The molecule has 0 saturated heterocycles. The molecule has 0 aliphatic carbocycles. The number of aryl methyl sites for hydroxylation is 1. The fourth-order valence-corrected chi connectivity index (χ4v) is 2.44. The number of rotatable bonds is 6. The van der Waals surface area contributed by atoms with Gasteiger partial charge in [0.15, 0.2) is 5.78 Å². The fraction of sp³-hybridized carbons (Fsp3) is 0.190. The molecule has 0 bridgehead atoms. The van der Waals surface area contributed by atoms with Gasteiger partial charge in [-0.1, -0.05) is 12.1 Å². The molecule has 5 heteroatoms. The Balaban J connectivity index is 2.20. The molecule has 132 valence electrons. The molecule has 0 unspecified atom stereocenters. The summed E-state index contributed by atoms with van der Waals surface area (Å²) in [5.41, 5.74) is 3.11. The lowest BCUT2D eigenvalue weighted by Gasteiger charge is -2.19. The zero-order valence-electron chi connectivity index (χ0n) is 15.1. The van der Waals surface area contributed by atoms with E-state index >= 15 is 0 Å². The van der Waals surface area contributed by atoms with Crippen LogP contribution in [-0.2, 0) is 4.79 Å². The van der Waals surface area contributed by atoms with Gasteiger partial charge in [0.2, 0.25) is 0 Å². The summed E-state index contributed by atoms with van der Waals surface area (Å²) in [5.74, 6) is -0.536. The number of amides is 1. The second kappa shape index (κ2) is 8.63. The number of nitriles is 1. The molecule has 2 aromatic rings. The van der Waals surface area contributed by atoms with Crippen molar-refractivity contribution in [2.75, 3.05) is 16.8 Å². The summed E-state index contributed by atoms with van der Waals surface area (Å²) in [4.78, 5) is 25.6. The lowest BCUT2D eigenvalue weighted by atomic mass is 10.1. The molecule has 1 N–H and O–H groups in total. The number of nitrogens with zero attached hydrogens (tertiary/aromatic N) is 2. The maximum Gasteiger partial charge on any atom is 0.267 e. The molecule has 0 spiro atoms. The second-order valence-electron chi connectivity index (χ2n) is 5.87. The first-order chi connectivity index (χ1) is 12.4. The van der Waals surface area contributed by atoms with Crippen LogP contribution in [0.1, 0.15) is 29.8 Å². The van der Waals surface area contributed by atoms with E-state index in [-0.39, 0.29) is 11.4 Å². The predicted molar refractivity (Wildman–Crippen MR) is 103 cm³/mol. The fourth-order valence-electron chi connectivity index (χ4n) is 2.44. The molecule has 0 aliphatic heterocycles. The Morgan fingerprint density at radius 3 is 2.42 bits per heavy atom. The molecule has 0 aromatic heterocycles. The monoisotopic (exact) mass is 347 g/mol. The van der Waals surface area contributed by atoms with E-state index in [0.717, 1.165) is 11.3 Å². The number of Topliss-reactive ketones (excluding diaryl/α,β-unsaturated/α-hetero) is 1. The Kier molecular flexibility index (Phi) is 6.29. The van der Waals surface area contributed by atoms with Gasteiger partial charge in [0, 0.05) is 29.7 Å². The molecule has 0 fully saturated rings. The van der Waals surface area contributed by atoms with Crippen LogP contribution < -0.4 is 10.2 Å². The minimum atomic E-state index is -0.492. The Hall–Kier alpha value is -3.39. The smallest absolute Gasteiger partial charge is 0.267 e. The number of anilines is 2. The highest BCUT2D eigenvalue weighted by Crippen LogP contribution is 2.18. The van der Waals surface area contributed by atoms with Crippen molar-refractivity contribution in [2.45, 2.75) is 20.8 Å². The molecule has 0 atom stereocenters. The quantitative estimate of drug-likeness (QED) is 0.486. The van der Waals surface area contributed by atoms with Crippen LogP contribution in [0.25, 0.3) is 0 Å². The number of benzene rings is 2. The highest BCUT2D eigenvalue weighted by Gasteiger charge is 2.12. The van der Waals surface area contributed by atoms with Crippen LogP contribution in [0.4, 0.5) is 11.4 Å². The van der Waals surface area contributed by atoms with E-state index in [1.54, 1.807) is 30.5 Å². The topological polar surface area (TPSA) is 73.2 Å². The van der Waals surface area contributed by atoms with E-state index in [1.807, 2.05) is 49.1 Å². The molecule has 0 saturated carbocycles. The van der Waals surface area contributed by atoms with Crippen molar-refractivity contribution in [3.63, 3.8) is 0 Å². The van der Waals surface area contributed by atoms with Crippen LogP contribution >= 0.6 is 0 Å². The third kappa shape index (κ3) is 4.81. The van der Waals surface area contributed by atoms with Gasteiger partial charge < -0.3 is 10.2 Å². The Bertz CT molecular complexity index is 877. The third-order valence-corrected chi connectivity index (χ3v) is 3.87. The molecule has 26 heavy (non-hydrogen) atoms. The standard InChI is InChI=1S/C21H21N3O2/c1-4-24(20-7-5-6-15(2)12-20)14-18(13-22)21(26)23-19-10-8-17(9-11-19)16(3)25/h5-12,14H,4H2,1-3H3,(H,23,26)/b18-14-. The van der Waals surface area contributed by atoms with Crippen molar-refractivity contribution in [3.8, 4) is 6.07 Å². The normalized spacial score (nSPS) is 10.8. The van der Waals surface area contributed by atoms with E-state index in [2.05, 4.69) is 5.32 Å². The van der Waals surface area contributed by atoms with Crippen molar-refractivity contribution in [1.82, 2.24) is 0 Å². The zero-order chi connectivity index (χ0) is 19.1. The van der Waals surface area contributed by atoms with Crippen molar-refractivity contribution in [2.24, 2.45) is 0 Å². The molecule has 0 radical (unpaired) electrons. The molecule has 0 aliphatic rings. The largest absolute Gasteiger partial charge is 0.347 e. The molecular formula is C21H21N3O2. The molecule has 0 heterocycles. The second-order valence-corrected chi connectivity index (χ2v) is 5.87. The highest BCUT2D eigenvalue weighted by atomic mass is 16.1. The number of hydrogen-bond donors (Lipinski definition) is 1. The summed E-state index contributed by atoms with van der Waals surface area (Å²) in [6, 6.07) is 16.4. The first-order valence-corrected chi connectivity index (χ1v) is 8.32. The van der Waals surface area contributed by atoms with E-state index in [1.165, 1.54) is 6.92 Å². The maximum absolute atomic E-state index is 12.4. The van der Waals surface area contributed by atoms with Gasteiger partial charge in [-0.25, -0.2) is 0 Å². The van der Waals surface area contributed by atoms with Crippen LogP contribution in [0.15, 0.2) is 60.3 Å². The van der Waals surface area contributed by atoms with Gasteiger partial charge in [-0.3, -0.25) is 9.59 Å². The maximum atomic E-state index is 12.4. The zero-order valence-corrected chi connectivity index (χ0v) is 15.1. The predicted octanol–water partition coefficient (Wildman–Crippen LogP) is 4.07. The number of ketones is 1. The Morgan fingerprint density at radius 2 is 1.88 bits per heavy atom. The molecule has 2 aromatic carbocycles. The van der Waals surface area contributed by atoms with Crippen molar-refractivity contribution in [3.05, 3.63) is 71.4 Å². The molecule has 1 amide bonds. The van der Waals surface area contributed by atoms with E-state index in [4.69, 9.17) is 0 Å². The summed E-state index contributed by atoms with van der Waals surface area (Å²) in [5, 5.41) is 12.1. The van der Waals surface area contributed by atoms with Gasteiger partial charge in [0.25, 0.3) is 5.91 Å². The van der Waals surface area contributed by atoms with Crippen LogP contribution in [-0.4, -0.2) is 18.2 Å². The SMILES string of the molecule is CCN(/C=C(/C#N)C(=O)Nc1ccc(C(C)=O)cc1)c1cccc(C)c1. The average Bonchev–Trinajstić information content (AvgIpc) is 2.63. The van der Waals surface area contributed by atoms with Gasteiger partial charge in [0.1, 0.15) is 11.6 Å². The summed E-state index contributed by atoms with van der Waals surface area (Å²) < 4.78 is 0. The Morgan fingerprint density at radius 1 is 1.19 bits per heavy atom. The highest BCUT2D eigenvalue weighted by molar-refractivity contribution is 6.07. The number of carbonyl (C=O) groups excluding carboxylic acids is 2. The van der Waals surface area contributed by atoms with Crippen LogP contribution in [0.5, 0.6) is 0 Å². The summed E-state index contributed by atoms with van der Waals surface area (Å²) in [7, 11) is 0. The number of carbonyl (C=O) groups is 2. The Labute approximate surface area is 153 Å². The summed E-state index contributed by atoms with van der Waals surface area (Å²) in [6.07, 6.45) is 1.55. The van der Waals surface area contributed by atoms with Crippen molar-refractivity contribution < 1.29 is 9.59 Å². The average molecular weight is 347 g/mol. The lowest BCUT2D eigenvalue weighted by Crippen LogP contribution is -2.20. The van der Waals surface area contributed by atoms with Gasteiger partial charge in [-0.2, -0.15) is 5.26 Å². The van der Waals surface area contributed by atoms with Crippen molar-refractivity contribution in [1.29, 1.82) is 5.26 Å². The molecule has 2 rings (SSSR count). The molecule has 5 nitrogen and oxygen atoms in total. The van der Waals surface area contributed by atoms with E-state index in [0.29, 0.717) is 17.8 Å². The molecular weight excluding hydrogens is 326 g/mol. The number of nitrogens with one attached hydrogen (secondary N) is 1. The van der Waals surface area contributed by atoms with Crippen LogP contribution in [0.3, 0.4) is 0 Å². The van der Waals surface area contributed by atoms with Crippen molar-refractivity contribution >= 4 is 23.1 Å². The third-order valence-electron chi connectivity index (χ3n) is 3.87. The first-order valence-electron chi connectivity index (χ1n) is 8.32. The van der Waals surface area contributed by atoms with Gasteiger partial charge in [0.05, 0.1) is 0 Å². The summed E-state index contributed by atoms with van der Waals surface area (Å²) in [6.45, 7) is 6.04. The minimum absolute atomic E-state index is 0.00370.